The lowest BCUT2D eigenvalue weighted by atomic mass is 9.33. The molecular formula is C38H37BN2O2. The molecule has 1 aliphatic carbocycles. The summed E-state index contributed by atoms with van der Waals surface area (Å²) in [6.07, 6.45) is 7.98. The van der Waals surface area contributed by atoms with Crippen LogP contribution in [0.25, 0.3) is 0 Å². The highest BCUT2D eigenvalue weighted by atomic mass is 16.5. The highest BCUT2D eigenvalue weighted by Gasteiger charge is 2.49. The molecule has 8 rings (SSSR count). The molecule has 4 aliphatic rings. The quantitative estimate of drug-likeness (QED) is 0.202. The van der Waals surface area contributed by atoms with Crippen molar-refractivity contribution >= 4 is 45.9 Å². The standard InChI is InChI=1S/C38H37BN2O2/c1-22-8-12-26(13-9-22)40(27-14-10-23(2)11-15-27)28-20-30-36-34(21-28)43-33-19-25(4)18-32-37(33)39(36)35-29(41(30)38(5,6)7)16-24(3)17-31(35)42-32/h8-10,12-21,23H,11H2,1-7H3. The highest BCUT2D eigenvalue weighted by molar-refractivity contribution is 7.00. The minimum Gasteiger partial charge on any atom is -0.458 e. The van der Waals surface area contributed by atoms with Gasteiger partial charge in [0.25, 0.3) is 6.71 Å². The van der Waals surface area contributed by atoms with Gasteiger partial charge in [0.15, 0.2) is 0 Å². The second kappa shape index (κ2) is 9.06. The first kappa shape index (κ1) is 26.3. The van der Waals surface area contributed by atoms with E-state index in [1.807, 2.05) is 0 Å². The van der Waals surface area contributed by atoms with Crippen LogP contribution in [0.5, 0.6) is 23.0 Å². The van der Waals surface area contributed by atoms with Crippen molar-refractivity contribution in [2.45, 2.75) is 60.4 Å². The number of hydrogen-bond donors (Lipinski definition) is 0. The Bertz CT molecular complexity index is 1900. The lowest BCUT2D eigenvalue weighted by Crippen LogP contribution is -2.64. The number of benzene rings is 4. The molecule has 1 unspecified atom stereocenters. The van der Waals surface area contributed by atoms with Crippen LogP contribution in [0.4, 0.5) is 22.7 Å². The Hall–Kier alpha value is -4.38. The Balaban J connectivity index is 1.43. The summed E-state index contributed by atoms with van der Waals surface area (Å²) in [6, 6.07) is 22.3. The summed E-state index contributed by atoms with van der Waals surface area (Å²) in [5, 5.41) is 0. The van der Waals surface area contributed by atoms with Crippen LogP contribution in [0.15, 0.2) is 84.6 Å². The van der Waals surface area contributed by atoms with Crippen molar-refractivity contribution in [2.75, 3.05) is 9.80 Å². The molecule has 0 saturated heterocycles. The largest absolute Gasteiger partial charge is 0.458 e. The van der Waals surface area contributed by atoms with E-state index in [0.29, 0.717) is 5.92 Å². The minimum atomic E-state index is -0.194. The number of anilines is 4. The molecule has 43 heavy (non-hydrogen) atoms. The third kappa shape index (κ3) is 3.97. The molecule has 4 aromatic rings. The number of hydrogen-bond acceptors (Lipinski definition) is 4. The van der Waals surface area contributed by atoms with Gasteiger partial charge in [-0.3, -0.25) is 0 Å². The van der Waals surface area contributed by atoms with Gasteiger partial charge in [0.2, 0.25) is 0 Å². The van der Waals surface area contributed by atoms with Gasteiger partial charge < -0.3 is 19.3 Å². The second-order valence-corrected chi connectivity index (χ2v) is 13.8. The van der Waals surface area contributed by atoms with Crippen molar-refractivity contribution in [3.63, 3.8) is 0 Å². The maximum Gasteiger partial charge on any atom is 0.266 e. The zero-order valence-electron chi connectivity index (χ0n) is 26.1. The van der Waals surface area contributed by atoms with E-state index in [4.69, 9.17) is 9.47 Å². The predicted molar refractivity (Wildman–Crippen MR) is 180 cm³/mol. The van der Waals surface area contributed by atoms with E-state index in [0.717, 1.165) is 51.8 Å². The van der Waals surface area contributed by atoms with Crippen molar-refractivity contribution in [3.05, 3.63) is 101 Å². The van der Waals surface area contributed by atoms with E-state index in [2.05, 4.69) is 137 Å². The van der Waals surface area contributed by atoms with Crippen LogP contribution < -0.4 is 35.7 Å². The molecule has 0 spiro atoms. The Labute approximate surface area is 255 Å². The summed E-state index contributed by atoms with van der Waals surface area (Å²) < 4.78 is 13.6. The number of allylic oxidation sites excluding steroid dienone is 3. The summed E-state index contributed by atoms with van der Waals surface area (Å²) in [5.74, 6) is 4.20. The van der Waals surface area contributed by atoms with E-state index in [1.165, 1.54) is 39.1 Å². The molecule has 1 atom stereocenters. The zero-order valence-corrected chi connectivity index (χ0v) is 26.1. The van der Waals surface area contributed by atoms with Crippen molar-refractivity contribution < 1.29 is 9.47 Å². The number of aryl methyl sites for hydroxylation is 3. The molecule has 0 radical (unpaired) electrons. The summed E-state index contributed by atoms with van der Waals surface area (Å²) in [6.45, 7) is 15.6. The third-order valence-electron chi connectivity index (χ3n) is 9.18. The average molecular weight is 565 g/mol. The van der Waals surface area contributed by atoms with E-state index < -0.39 is 0 Å². The Kier molecular flexibility index (Phi) is 5.54. The van der Waals surface area contributed by atoms with Crippen LogP contribution in [0, 0.1) is 26.7 Å². The molecule has 0 N–H and O–H groups in total. The number of nitrogens with zero attached hydrogens (tertiary/aromatic N) is 2. The third-order valence-corrected chi connectivity index (χ3v) is 9.18. The lowest BCUT2D eigenvalue weighted by molar-refractivity contribution is 0.462. The molecule has 214 valence electrons. The van der Waals surface area contributed by atoms with Crippen molar-refractivity contribution in [3.8, 4) is 23.0 Å². The van der Waals surface area contributed by atoms with Gasteiger partial charge in [-0.15, -0.1) is 0 Å². The van der Waals surface area contributed by atoms with Crippen molar-refractivity contribution in [1.82, 2.24) is 0 Å². The van der Waals surface area contributed by atoms with E-state index in [1.54, 1.807) is 0 Å². The second-order valence-electron chi connectivity index (χ2n) is 13.8. The summed E-state index contributed by atoms with van der Waals surface area (Å²) >= 11 is 0. The first-order chi connectivity index (χ1) is 20.6. The molecule has 0 bridgehead atoms. The molecule has 0 amide bonds. The zero-order chi connectivity index (χ0) is 29.8. The molecule has 3 heterocycles. The van der Waals surface area contributed by atoms with Gasteiger partial charge in [-0.1, -0.05) is 36.8 Å². The van der Waals surface area contributed by atoms with Gasteiger partial charge in [-0.2, -0.15) is 0 Å². The highest BCUT2D eigenvalue weighted by Crippen LogP contribution is 2.48. The van der Waals surface area contributed by atoms with Gasteiger partial charge in [0.1, 0.15) is 23.0 Å². The predicted octanol–water partition coefficient (Wildman–Crippen LogP) is 8.21. The summed E-state index contributed by atoms with van der Waals surface area (Å²) in [7, 11) is 0. The van der Waals surface area contributed by atoms with Gasteiger partial charge >= 0.3 is 0 Å². The smallest absolute Gasteiger partial charge is 0.266 e. The molecule has 5 heteroatoms. The average Bonchev–Trinajstić information content (AvgIpc) is 2.93. The fourth-order valence-electron chi connectivity index (χ4n) is 7.32. The fourth-order valence-corrected chi connectivity index (χ4v) is 7.32. The van der Waals surface area contributed by atoms with Crippen LogP contribution in [0.2, 0.25) is 0 Å². The lowest BCUT2D eigenvalue weighted by Gasteiger charge is -2.48. The van der Waals surface area contributed by atoms with Crippen LogP contribution in [-0.2, 0) is 0 Å². The maximum atomic E-state index is 6.89. The normalized spacial score (nSPS) is 17.2. The minimum absolute atomic E-state index is 0.0545. The van der Waals surface area contributed by atoms with Crippen molar-refractivity contribution in [1.29, 1.82) is 0 Å². The molecular weight excluding hydrogens is 527 g/mol. The van der Waals surface area contributed by atoms with Crippen molar-refractivity contribution in [2.24, 2.45) is 5.92 Å². The molecule has 3 aliphatic heterocycles. The summed E-state index contributed by atoms with van der Waals surface area (Å²) in [4.78, 5) is 4.90. The van der Waals surface area contributed by atoms with Crippen LogP contribution in [0.3, 0.4) is 0 Å². The Morgan fingerprint density at radius 3 is 1.91 bits per heavy atom. The SMILES string of the molecule is Cc1ccc(N(C2=CCC(C)C=C2)c2cc3c4c(c2)N(C(C)(C)C)c2cc(C)cc5c2B4c2c(cc(C)cc2O3)O5)cc1. The Morgan fingerprint density at radius 2 is 1.30 bits per heavy atom. The maximum absolute atomic E-state index is 6.89. The van der Waals surface area contributed by atoms with E-state index in [-0.39, 0.29) is 12.3 Å². The van der Waals surface area contributed by atoms with Crippen LogP contribution in [0.1, 0.15) is 50.8 Å². The first-order valence-corrected chi connectivity index (χ1v) is 15.4. The van der Waals surface area contributed by atoms with E-state index in [9.17, 15) is 0 Å². The molecule has 4 nitrogen and oxygen atoms in total. The Morgan fingerprint density at radius 1 is 0.721 bits per heavy atom. The van der Waals surface area contributed by atoms with Crippen LogP contribution in [-0.4, -0.2) is 12.3 Å². The number of ether oxygens (including phenoxy) is 2. The first-order valence-electron chi connectivity index (χ1n) is 15.4. The van der Waals surface area contributed by atoms with Gasteiger partial charge in [0, 0.05) is 39.8 Å². The molecule has 0 aromatic heterocycles. The molecule has 0 saturated carbocycles. The van der Waals surface area contributed by atoms with E-state index >= 15 is 0 Å². The van der Waals surface area contributed by atoms with Gasteiger partial charge in [-0.25, -0.2) is 0 Å². The van der Waals surface area contributed by atoms with Gasteiger partial charge in [-0.05, 0) is 124 Å². The molecule has 4 aromatic carbocycles. The van der Waals surface area contributed by atoms with Gasteiger partial charge in [0.05, 0.1) is 5.69 Å². The topological polar surface area (TPSA) is 24.9 Å². The van der Waals surface area contributed by atoms with Crippen LogP contribution >= 0.6 is 0 Å². The molecule has 0 fully saturated rings. The number of rotatable bonds is 3. The summed E-state index contributed by atoms with van der Waals surface area (Å²) in [5.41, 5.74) is 12.8. The monoisotopic (exact) mass is 564 g/mol. The fraction of sp³-hybridized carbons (Fsp3) is 0.263.